The number of nitrogens with zero attached hydrogens (tertiary/aromatic N) is 2. The number of imidazole rings is 1. The quantitative estimate of drug-likeness (QED) is 0.850. The molecular formula is C21H28N4O2. The molecule has 0 radical (unpaired) electrons. The molecule has 2 heterocycles. The molecule has 1 aromatic carbocycles. The number of benzene rings is 1. The third-order valence-corrected chi connectivity index (χ3v) is 6.68. The third kappa shape index (κ3) is 2.97. The number of amides is 1. The van der Waals surface area contributed by atoms with Crippen molar-refractivity contribution in [1.82, 2.24) is 14.9 Å². The number of hydrogen-bond acceptors (Lipinski definition) is 4. The van der Waals surface area contributed by atoms with E-state index >= 15 is 0 Å². The van der Waals surface area contributed by atoms with Gasteiger partial charge in [0.05, 0.1) is 12.0 Å². The molecule has 2 unspecified atom stereocenters. The van der Waals surface area contributed by atoms with Crippen LogP contribution in [0, 0.1) is 11.8 Å². The van der Waals surface area contributed by atoms with E-state index in [1.54, 1.807) is 12.4 Å². The van der Waals surface area contributed by atoms with E-state index in [-0.39, 0.29) is 5.60 Å². The van der Waals surface area contributed by atoms with Gasteiger partial charge in [-0.1, -0.05) is 18.6 Å². The number of primary amides is 1. The second-order valence-corrected chi connectivity index (χ2v) is 7.90. The Morgan fingerprint density at radius 2 is 2.11 bits per heavy atom. The number of methoxy groups -OCH3 is 1. The number of fused-ring (bicyclic) bond motifs is 2. The number of hydrogen-bond donors (Lipinski definition) is 2. The Morgan fingerprint density at radius 3 is 2.70 bits per heavy atom. The minimum Gasteiger partial charge on any atom is -0.373 e. The van der Waals surface area contributed by atoms with E-state index in [0.717, 1.165) is 37.2 Å². The fourth-order valence-corrected chi connectivity index (χ4v) is 5.31. The summed E-state index contributed by atoms with van der Waals surface area (Å²) in [5.41, 5.74) is 7.96. The van der Waals surface area contributed by atoms with Gasteiger partial charge in [0.2, 0.25) is 5.91 Å². The first-order valence-electron chi connectivity index (χ1n) is 9.74. The zero-order valence-electron chi connectivity index (χ0n) is 16.0. The van der Waals surface area contributed by atoms with Gasteiger partial charge in [0.25, 0.3) is 0 Å². The van der Waals surface area contributed by atoms with Crippen molar-refractivity contribution in [1.29, 1.82) is 0 Å². The molecule has 3 N–H and O–H groups in total. The number of piperidine rings is 1. The Bertz CT molecular complexity index is 790. The van der Waals surface area contributed by atoms with Crippen molar-refractivity contribution >= 4 is 5.91 Å². The lowest BCUT2D eigenvalue weighted by Crippen LogP contribution is -2.59. The fraction of sp³-hybridized carbons (Fsp3) is 0.524. The Balaban J connectivity index is 1.68. The van der Waals surface area contributed by atoms with E-state index in [1.165, 1.54) is 6.42 Å². The zero-order valence-corrected chi connectivity index (χ0v) is 16.0. The van der Waals surface area contributed by atoms with Gasteiger partial charge in [-0.25, -0.2) is 4.98 Å². The van der Waals surface area contributed by atoms with Crippen LogP contribution in [0.15, 0.2) is 36.8 Å². The van der Waals surface area contributed by atoms with Crippen LogP contribution in [0.25, 0.3) is 0 Å². The first-order chi connectivity index (χ1) is 13.1. The van der Waals surface area contributed by atoms with Gasteiger partial charge in [-0.2, -0.15) is 0 Å². The van der Waals surface area contributed by atoms with Crippen molar-refractivity contribution in [2.24, 2.45) is 17.6 Å². The summed E-state index contributed by atoms with van der Waals surface area (Å²) in [5, 5.41) is 0. The number of nitrogens with two attached hydrogens (primary N) is 1. The molecular weight excluding hydrogens is 340 g/mol. The number of ether oxygens (including phenoxy) is 1. The summed E-state index contributed by atoms with van der Waals surface area (Å²) in [5.74, 6) is 0.366. The maximum atomic E-state index is 11.7. The number of carbonyl (C=O) groups excluding carboxylic acids is 1. The predicted octanol–water partition coefficient (Wildman–Crippen LogP) is 2.84. The van der Waals surface area contributed by atoms with Gasteiger partial charge in [0.1, 0.15) is 5.60 Å². The Labute approximate surface area is 160 Å². The average molecular weight is 368 g/mol. The molecule has 1 aliphatic carbocycles. The molecule has 3 atom stereocenters. The molecule has 27 heavy (non-hydrogen) atoms. The van der Waals surface area contributed by atoms with Gasteiger partial charge >= 0.3 is 0 Å². The van der Waals surface area contributed by atoms with E-state index in [9.17, 15) is 4.79 Å². The second kappa shape index (κ2) is 7.09. The predicted molar refractivity (Wildman–Crippen MR) is 103 cm³/mol. The number of H-pyrrole nitrogens is 1. The highest BCUT2D eigenvalue weighted by Crippen LogP contribution is 2.52. The standard InChI is InChI=1S/C21H28N4O2/c1-14(19-10-23-13-24-19)25-11-17-7-4-8-18(12-25)21(17,27-2)16-6-3-5-15(9-16)20(22)26/h3,5-6,9-10,13-14,17-18H,4,7-8,11-12H2,1-2H3,(H2,22,26)(H,23,24)/t14-,17?,18?,21?/m0/s1. The number of likely N-dealkylation sites (tertiary alicyclic amines) is 1. The molecule has 1 amide bonds. The van der Waals surface area contributed by atoms with E-state index in [0.29, 0.717) is 23.4 Å². The van der Waals surface area contributed by atoms with Crippen LogP contribution in [0.5, 0.6) is 0 Å². The maximum absolute atomic E-state index is 11.7. The van der Waals surface area contributed by atoms with Gasteiger partial charge in [-0.3, -0.25) is 9.69 Å². The molecule has 1 saturated heterocycles. The smallest absolute Gasteiger partial charge is 0.248 e. The summed E-state index contributed by atoms with van der Waals surface area (Å²) < 4.78 is 6.29. The second-order valence-electron chi connectivity index (χ2n) is 7.90. The highest BCUT2D eigenvalue weighted by Gasteiger charge is 2.53. The molecule has 1 saturated carbocycles. The number of carbonyl (C=O) groups is 1. The Kier molecular flexibility index (Phi) is 4.78. The number of aromatic nitrogens is 2. The minimum atomic E-state index is -0.390. The molecule has 6 heteroatoms. The molecule has 2 bridgehead atoms. The van der Waals surface area contributed by atoms with E-state index in [2.05, 4.69) is 27.9 Å². The highest BCUT2D eigenvalue weighted by molar-refractivity contribution is 5.92. The van der Waals surface area contributed by atoms with Crippen LogP contribution in [0.2, 0.25) is 0 Å². The number of aromatic amines is 1. The maximum Gasteiger partial charge on any atom is 0.248 e. The monoisotopic (exact) mass is 368 g/mol. The molecule has 1 aromatic heterocycles. The van der Waals surface area contributed by atoms with Crippen LogP contribution in [0.4, 0.5) is 0 Å². The van der Waals surface area contributed by atoms with Crippen molar-refractivity contribution < 1.29 is 9.53 Å². The highest BCUT2D eigenvalue weighted by atomic mass is 16.5. The van der Waals surface area contributed by atoms with E-state index in [4.69, 9.17) is 10.5 Å². The molecule has 0 spiro atoms. The first-order valence-corrected chi connectivity index (χ1v) is 9.74. The van der Waals surface area contributed by atoms with Gasteiger partial charge in [0.15, 0.2) is 0 Å². The van der Waals surface area contributed by atoms with Gasteiger partial charge in [0, 0.05) is 49.8 Å². The van der Waals surface area contributed by atoms with Gasteiger partial charge in [-0.05, 0) is 37.5 Å². The van der Waals surface area contributed by atoms with Crippen LogP contribution in [0.3, 0.4) is 0 Å². The van der Waals surface area contributed by atoms with Crippen molar-refractivity contribution in [3.05, 3.63) is 53.6 Å². The van der Waals surface area contributed by atoms with Crippen molar-refractivity contribution in [3.63, 3.8) is 0 Å². The zero-order chi connectivity index (χ0) is 19.0. The van der Waals surface area contributed by atoms with E-state index < -0.39 is 5.91 Å². The van der Waals surface area contributed by atoms with Crippen LogP contribution in [0.1, 0.15) is 53.8 Å². The Hall–Kier alpha value is -2.18. The summed E-state index contributed by atoms with van der Waals surface area (Å²) in [6.07, 6.45) is 7.12. The van der Waals surface area contributed by atoms with Crippen molar-refractivity contribution in [2.75, 3.05) is 20.2 Å². The number of nitrogens with one attached hydrogen (secondary N) is 1. The summed E-state index contributed by atoms with van der Waals surface area (Å²) in [4.78, 5) is 21.7. The van der Waals surface area contributed by atoms with E-state index in [1.807, 2.05) is 25.4 Å². The topological polar surface area (TPSA) is 84.2 Å². The first kappa shape index (κ1) is 18.2. The lowest BCUT2D eigenvalue weighted by Gasteiger charge is -2.56. The van der Waals surface area contributed by atoms with Crippen LogP contribution < -0.4 is 5.73 Å². The summed E-state index contributed by atoms with van der Waals surface area (Å²) in [6.45, 7) is 4.16. The average Bonchev–Trinajstić information content (AvgIpc) is 3.21. The van der Waals surface area contributed by atoms with Crippen molar-refractivity contribution in [3.8, 4) is 0 Å². The molecule has 6 nitrogen and oxygen atoms in total. The molecule has 2 fully saturated rings. The summed E-state index contributed by atoms with van der Waals surface area (Å²) in [7, 11) is 1.82. The SMILES string of the molecule is COC1(c2cccc(C(N)=O)c2)C2CCCC1CN([C@@H](C)c1cnc[nH]1)C2. The molecule has 2 aromatic rings. The number of rotatable bonds is 5. The Morgan fingerprint density at radius 1 is 1.37 bits per heavy atom. The normalized spacial score (nSPS) is 29.4. The molecule has 1 aliphatic heterocycles. The fourth-order valence-electron chi connectivity index (χ4n) is 5.31. The summed E-state index contributed by atoms with van der Waals surface area (Å²) >= 11 is 0. The van der Waals surface area contributed by atoms with Crippen LogP contribution in [-0.4, -0.2) is 41.0 Å². The third-order valence-electron chi connectivity index (χ3n) is 6.68. The van der Waals surface area contributed by atoms with Crippen LogP contribution >= 0.6 is 0 Å². The molecule has 144 valence electrons. The van der Waals surface area contributed by atoms with Crippen molar-refractivity contribution in [2.45, 2.75) is 37.8 Å². The van der Waals surface area contributed by atoms with Gasteiger partial charge in [-0.15, -0.1) is 0 Å². The van der Waals surface area contributed by atoms with Crippen LogP contribution in [-0.2, 0) is 10.3 Å². The molecule has 4 rings (SSSR count). The lowest BCUT2D eigenvalue weighted by molar-refractivity contribution is -0.174. The largest absolute Gasteiger partial charge is 0.373 e. The minimum absolute atomic E-state index is 0.294. The summed E-state index contributed by atoms with van der Waals surface area (Å²) in [6, 6.07) is 8.02. The lowest BCUT2D eigenvalue weighted by atomic mass is 9.62. The van der Waals surface area contributed by atoms with Gasteiger partial charge < -0.3 is 15.5 Å². The molecule has 2 aliphatic rings.